The van der Waals surface area contributed by atoms with Gasteiger partial charge in [0.1, 0.15) is 0 Å². The van der Waals surface area contributed by atoms with Gasteiger partial charge in [-0.25, -0.2) is 0 Å². The Hall–Kier alpha value is 0.690. The first kappa shape index (κ1) is 14.7. The molecule has 16 heavy (non-hydrogen) atoms. The van der Waals surface area contributed by atoms with Gasteiger partial charge in [-0.1, -0.05) is 49.3 Å². The summed E-state index contributed by atoms with van der Waals surface area (Å²) in [5, 5.41) is 0. The summed E-state index contributed by atoms with van der Waals surface area (Å²) in [6.07, 6.45) is 9.65. The minimum absolute atomic E-state index is 0.209. The molecule has 0 N–H and O–H groups in total. The van der Waals surface area contributed by atoms with Gasteiger partial charge in [0.15, 0.2) is 0 Å². The molecule has 1 saturated carbocycles. The van der Waals surface area contributed by atoms with Crippen LogP contribution >= 0.6 is 22.6 Å². The quantitative estimate of drug-likeness (QED) is 0.491. The molecule has 0 amide bonds. The van der Waals surface area contributed by atoms with Crippen LogP contribution in [0.1, 0.15) is 65.7 Å². The van der Waals surface area contributed by atoms with Gasteiger partial charge in [-0.2, -0.15) is 0 Å². The summed E-state index contributed by atoms with van der Waals surface area (Å²) in [6, 6.07) is 0. The third-order valence-electron chi connectivity index (χ3n) is 3.98. The van der Waals surface area contributed by atoms with Gasteiger partial charge in [-0.3, -0.25) is 0 Å². The van der Waals surface area contributed by atoms with E-state index in [1.807, 2.05) is 0 Å². The van der Waals surface area contributed by atoms with Crippen LogP contribution in [0, 0.1) is 5.92 Å². The molecule has 1 aliphatic rings. The van der Waals surface area contributed by atoms with E-state index in [9.17, 15) is 0 Å². The molecule has 1 atom stereocenters. The van der Waals surface area contributed by atoms with Gasteiger partial charge >= 0.3 is 0 Å². The average molecular weight is 338 g/mol. The summed E-state index contributed by atoms with van der Waals surface area (Å²) in [5.74, 6) is 0.974. The molecule has 1 fully saturated rings. The molecule has 1 rings (SSSR count). The molecule has 2 heteroatoms. The number of hydrogen-bond acceptors (Lipinski definition) is 1. The lowest BCUT2D eigenvalue weighted by molar-refractivity contribution is -0.0975. The second-order valence-electron chi connectivity index (χ2n) is 5.39. The molecule has 96 valence electrons. The van der Waals surface area contributed by atoms with E-state index >= 15 is 0 Å². The van der Waals surface area contributed by atoms with Gasteiger partial charge in [-0.05, 0) is 44.9 Å². The Bertz CT molecular complexity index is 185. The maximum absolute atomic E-state index is 6.30. The van der Waals surface area contributed by atoms with Crippen molar-refractivity contribution in [2.45, 2.75) is 77.4 Å². The van der Waals surface area contributed by atoms with Gasteiger partial charge in [0.05, 0.1) is 11.7 Å². The number of rotatable bonds is 6. The fourth-order valence-corrected chi connectivity index (χ4v) is 3.64. The largest absolute Gasteiger partial charge is 0.371 e. The Morgan fingerprint density at radius 2 is 1.94 bits per heavy atom. The number of halogens is 1. The summed E-state index contributed by atoms with van der Waals surface area (Å²) in [4.78, 5) is 0. The van der Waals surface area contributed by atoms with E-state index in [-0.39, 0.29) is 5.60 Å². The zero-order valence-corrected chi connectivity index (χ0v) is 13.3. The molecular formula is C14H27IO. The van der Waals surface area contributed by atoms with Gasteiger partial charge < -0.3 is 4.74 Å². The van der Waals surface area contributed by atoms with Crippen molar-refractivity contribution in [3.8, 4) is 0 Å². The third-order valence-corrected chi connectivity index (χ3v) is 5.37. The fraction of sp³-hybridized carbons (Fsp3) is 1.00. The zero-order valence-electron chi connectivity index (χ0n) is 11.1. The second-order valence-corrected chi connectivity index (χ2v) is 6.15. The van der Waals surface area contributed by atoms with Gasteiger partial charge in [0.2, 0.25) is 0 Å². The summed E-state index contributed by atoms with van der Waals surface area (Å²) in [5.41, 5.74) is 0.209. The fourth-order valence-electron chi connectivity index (χ4n) is 2.69. The molecule has 0 bridgehead atoms. The van der Waals surface area contributed by atoms with Crippen molar-refractivity contribution in [2.75, 3.05) is 4.43 Å². The number of hydrogen-bond donors (Lipinski definition) is 0. The van der Waals surface area contributed by atoms with E-state index in [0.717, 1.165) is 16.8 Å². The minimum atomic E-state index is 0.209. The Balaban J connectivity index is 2.44. The molecule has 0 heterocycles. The first-order valence-electron chi connectivity index (χ1n) is 6.89. The molecule has 0 spiro atoms. The van der Waals surface area contributed by atoms with Crippen LogP contribution in [0.15, 0.2) is 0 Å². The van der Waals surface area contributed by atoms with E-state index in [2.05, 4.69) is 43.4 Å². The van der Waals surface area contributed by atoms with Crippen LogP contribution < -0.4 is 0 Å². The average Bonchev–Trinajstić information content (AvgIpc) is 2.32. The SMILES string of the molecule is CCCC1CCC(CI)(OC(C)CC)CC1. The van der Waals surface area contributed by atoms with Crippen LogP contribution in [-0.4, -0.2) is 16.1 Å². The molecule has 1 nitrogen and oxygen atoms in total. The highest BCUT2D eigenvalue weighted by Crippen LogP contribution is 2.39. The van der Waals surface area contributed by atoms with E-state index < -0.39 is 0 Å². The van der Waals surface area contributed by atoms with Gasteiger partial charge in [0.25, 0.3) is 0 Å². The lowest BCUT2D eigenvalue weighted by Crippen LogP contribution is -2.41. The Labute approximate surface area is 115 Å². The monoisotopic (exact) mass is 338 g/mol. The van der Waals surface area contributed by atoms with Crippen LogP contribution in [0.3, 0.4) is 0 Å². The van der Waals surface area contributed by atoms with Crippen LogP contribution in [-0.2, 0) is 4.74 Å². The zero-order chi connectivity index (χ0) is 12.0. The number of ether oxygens (including phenoxy) is 1. The highest BCUT2D eigenvalue weighted by molar-refractivity contribution is 14.1. The Morgan fingerprint density at radius 1 is 1.31 bits per heavy atom. The van der Waals surface area contributed by atoms with Crippen molar-refractivity contribution in [2.24, 2.45) is 5.92 Å². The molecule has 1 unspecified atom stereocenters. The van der Waals surface area contributed by atoms with Gasteiger partial charge in [-0.15, -0.1) is 0 Å². The lowest BCUT2D eigenvalue weighted by atomic mass is 9.78. The molecule has 0 aliphatic heterocycles. The van der Waals surface area contributed by atoms with Crippen molar-refractivity contribution < 1.29 is 4.74 Å². The van der Waals surface area contributed by atoms with Crippen molar-refractivity contribution in [1.82, 2.24) is 0 Å². The van der Waals surface area contributed by atoms with Crippen LogP contribution in [0.2, 0.25) is 0 Å². The van der Waals surface area contributed by atoms with Crippen LogP contribution in [0.5, 0.6) is 0 Å². The Kier molecular flexibility index (Phi) is 6.63. The predicted octanol–water partition coefficient (Wildman–Crippen LogP) is 4.97. The molecule has 0 aromatic heterocycles. The summed E-state index contributed by atoms with van der Waals surface area (Å²) >= 11 is 2.51. The van der Waals surface area contributed by atoms with Crippen molar-refractivity contribution in [3.05, 3.63) is 0 Å². The molecule has 0 aromatic carbocycles. The second kappa shape index (κ2) is 7.20. The van der Waals surface area contributed by atoms with Crippen LogP contribution in [0.4, 0.5) is 0 Å². The predicted molar refractivity (Wildman–Crippen MR) is 79.3 cm³/mol. The molecular weight excluding hydrogens is 311 g/mol. The highest BCUT2D eigenvalue weighted by Gasteiger charge is 2.35. The maximum Gasteiger partial charge on any atom is 0.0775 e. The maximum atomic E-state index is 6.30. The number of alkyl halides is 1. The Morgan fingerprint density at radius 3 is 2.38 bits per heavy atom. The van der Waals surface area contributed by atoms with Gasteiger partial charge in [0, 0.05) is 4.43 Å². The van der Waals surface area contributed by atoms with Crippen molar-refractivity contribution >= 4 is 22.6 Å². The van der Waals surface area contributed by atoms with Crippen molar-refractivity contribution in [3.63, 3.8) is 0 Å². The summed E-state index contributed by atoms with van der Waals surface area (Å²) in [7, 11) is 0. The van der Waals surface area contributed by atoms with E-state index in [1.54, 1.807) is 0 Å². The highest BCUT2D eigenvalue weighted by atomic mass is 127. The molecule has 1 aliphatic carbocycles. The van der Waals surface area contributed by atoms with E-state index in [0.29, 0.717) is 6.10 Å². The molecule has 0 radical (unpaired) electrons. The minimum Gasteiger partial charge on any atom is -0.371 e. The third kappa shape index (κ3) is 4.17. The standard InChI is InChI=1S/C14H27IO/c1-4-6-13-7-9-14(11-15,10-8-13)16-12(3)5-2/h12-13H,4-11H2,1-3H3. The van der Waals surface area contributed by atoms with Crippen LogP contribution in [0.25, 0.3) is 0 Å². The van der Waals surface area contributed by atoms with Crippen molar-refractivity contribution in [1.29, 1.82) is 0 Å². The first-order chi connectivity index (χ1) is 7.65. The topological polar surface area (TPSA) is 9.23 Å². The van der Waals surface area contributed by atoms with E-state index in [1.165, 1.54) is 38.5 Å². The summed E-state index contributed by atoms with van der Waals surface area (Å²) in [6.45, 7) is 6.73. The lowest BCUT2D eigenvalue weighted by Gasteiger charge is -2.40. The normalized spacial score (nSPS) is 32.6. The summed E-state index contributed by atoms with van der Waals surface area (Å²) < 4.78 is 7.46. The molecule has 0 aromatic rings. The molecule has 0 saturated heterocycles. The van der Waals surface area contributed by atoms with E-state index in [4.69, 9.17) is 4.74 Å². The smallest absolute Gasteiger partial charge is 0.0775 e. The first-order valence-corrected chi connectivity index (χ1v) is 8.42.